The lowest BCUT2D eigenvalue weighted by Crippen LogP contribution is -1.86. The van der Waals surface area contributed by atoms with Crippen LogP contribution in [0.4, 0.5) is 0 Å². The van der Waals surface area contributed by atoms with Gasteiger partial charge in [0, 0.05) is 10.6 Å². The summed E-state index contributed by atoms with van der Waals surface area (Å²) in [6.45, 7) is 3.88. The second-order valence-corrected chi connectivity index (χ2v) is 6.75. The topological polar surface area (TPSA) is 19.9 Å². The molecular formula is C21H19OS. The third-order valence-corrected chi connectivity index (χ3v) is 5.16. The van der Waals surface area contributed by atoms with Gasteiger partial charge in [-0.1, -0.05) is 54.6 Å². The highest BCUT2D eigenvalue weighted by Crippen LogP contribution is 2.31. The minimum absolute atomic E-state index is 0.124. The van der Waals surface area contributed by atoms with E-state index in [1.165, 1.54) is 21.6 Å². The molecule has 0 atom stereocenters. The molecule has 3 aromatic carbocycles. The molecule has 0 saturated carbocycles. The average molecular weight is 319 g/mol. The van der Waals surface area contributed by atoms with Gasteiger partial charge in [0.15, 0.2) is 5.75 Å². The summed E-state index contributed by atoms with van der Waals surface area (Å²) in [5, 5.41) is 11.6. The number of benzene rings is 3. The third-order valence-electron chi connectivity index (χ3n) is 3.93. The van der Waals surface area contributed by atoms with Crippen LogP contribution in [-0.2, 0) is 10.9 Å². The van der Waals surface area contributed by atoms with Gasteiger partial charge >= 0.3 is 0 Å². The number of aryl methyl sites for hydroxylation is 2. The quantitative estimate of drug-likeness (QED) is 0.509. The summed E-state index contributed by atoms with van der Waals surface area (Å²) in [5.74, 6) is 1.03. The van der Waals surface area contributed by atoms with Crippen molar-refractivity contribution in [2.45, 2.75) is 24.5 Å². The summed E-state index contributed by atoms with van der Waals surface area (Å²) in [5.41, 5.74) is 5.65. The van der Waals surface area contributed by atoms with E-state index >= 15 is 0 Å². The van der Waals surface area contributed by atoms with Crippen molar-refractivity contribution in [3.8, 4) is 16.9 Å². The standard InChI is InChI=1S/C21H19OS/c1-15-13-21(16(2)12-20(15)22)23-14-17-8-10-19(11-9-17)18-6-4-3-5-7-18/h3-13H,14H2,1-2H3. The zero-order chi connectivity index (χ0) is 16.2. The van der Waals surface area contributed by atoms with Crippen LogP contribution in [-0.4, -0.2) is 0 Å². The van der Waals surface area contributed by atoms with Gasteiger partial charge in [-0.25, -0.2) is 0 Å². The molecule has 3 aromatic rings. The summed E-state index contributed by atoms with van der Waals surface area (Å²) < 4.78 is 0. The van der Waals surface area contributed by atoms with Crippen LogP contribution in [0.5, 0.6) is 5.75 Å². The van der Waals surface area contributed by atoms with Crippen LogP contribution in [0.2, 0.25) is 0 Å². The van der Waals surface area contributed by atoms with Crippen LogP contribution < -0.4 is 0 Å². The molecule has 1 radical (unpaired) electrons. The van der Waals surface area contributed by atoms with Crippen LogP contribution in [0, 0.1) is 13.8 Å². The highest BCUT2D eigenvalue weighted by atomic mass is 32.2. The van der Waals surface area contributed by atoms with Crippen molar-refractivity contribution in [1.29, 1.82) is 0 Å². The third kappa shape index (κ3) is 3.77. The van der Waals surface area contributed by atoms with Crippen molar-refractivity contribution in [1.82, 2.24) is 0 Å². The predicted molar refractivity (Wildman–Crippen MR) is 97.5 cm³/mol. The Kier molecular flexibility index (Phi) is 4.73. The molecule has 0 unspecified atom stereocenters. The van der Waals surface area contributed by atoms with Gasteiger partial charge in [0.1, 0.15) is 0 Å². The molecule has 0 aliphatic rings. The first-order valence-corrected chi connectivity index (χ1v) is 8.67. The fraction of sp³-hybridized carbons (Fsp3) is 0.143. The van der Waals surface area contributed by atoms with Gasteiger partial charge in [-0.15, -0.1) is 11.8 Å². The van der Waals surface area contributed by atoms with Gasteiger partial charge in [-0.2, -0.15) is 0 Å². The first kappa shape index (κ1) is 15.7. The molecule has 0 amide bonds. The lowest BCUT2D eigenvalue weighted by molar-refractivity contribution is 0.351. The van der Waals surface area contributed by atoms with E-state index in [1.807, 2.05) is 26.0 Å². The van der Waals surface area contributed by atoms with E-state index in [4.69, 9.17) is 0 Å². The second kappa shape index (κ2) is 6.93. The van der Waals surface area contributed by atoms with Crippen molar-refractivity contribution in [2.75, 3.05) is 0 Å². The van der Waals surface area contributed by atoms with Crippen molar-refractivity contribution in [3.05, 3.63) is 83.4 Å². The van der Waals surface area contributed by atoms with E-state index < -0.39 is 0 Å². The van der Waals surface area contributed by atoms with Crippen LogP contribution >= 0.6 is 11.8 Å². The summed E-state index contributed by atoms with van der Waals surface area (Å²) in [4.78, 5) is 1.19. The Balaban J connectivity index is 1.71. The molecule has 3 rings (SSSR count). The fourth-order valence-electron chi connectivity index (χ4n) is 2.50. The predicted octanol–water partition coefficient (Wildman–Crippen LogP) is 6.41. The highest BCUT2D eigenvalue weighted by molar-refractivity contribution is 7.98. The molecule has 1 nitrogen and oxygen atoms in total. The number of hydrogen-bond acceptors (Lipinski definition) is 1. The molecule has 0 spiro atoms. The first-order chi connectivity index (χ1) is 11.1. The molecule has 0 saturated heterocycles. The van der Waals surface area contributed by atoms with Crippen LogP contribution in [0.15, 0.2) is 71.6 Å². The Hall–Kier alpha value is -2.19. The SMILES string of the molecule is Cc1cc(SCc2ccc(-c3ccccc3)cc2)c(C)cc1[O]. The summed E-state index contributed by atoms with van der Waals surface area (Å²) in [6.07, 6.45) is 0. The Morgan fingerprint density at radius 1 is 0.783 bits per heavy atom. The number of hydrogen-bond donors (Lipinski definition) is 0. The first-order valence-electron chi connectivity index (χ1n) is 7.69. The molecule has 115 valence electrons. The largest absolute Gasteiger partial charge is 0.290 e. The molecule has 0 N–H and O–H groups in total. The summed E-state index contributed by atoms with van der Waals surface area (Å²) >= 11 is 1.79. The Morgan fingerprint density at radius 2 is 1.43 bits per heavy atom. The van der Waals surface area contributed by atoms with Gasteiger partial charge in [-0.05, 0) is 53.8 Å². The van der Waals surface area contributed by atoms with Gasteiger partial charge in [0.25, 0.3) is 0 Å². The number of thioether (sulfide) groups is 1. The molecule has 0 heterocycles. The lowest BCUT2D eigenvalue weighted by Gasteiger charge is -2.08. The Morgan fingerprint density at radius 3 is 2.13 bits per heavy atom. The highest BCUT2D eigenvalue weighted by Gasteiger charge is 2.06. The van der Waals surface area contributed by atoms with Gasteiger partial charge < -0.3 is 0 Å². The van der Waals surface area contributed by atoms with Crippen LogP contribution in [0.25, 0.3) is 11.1 Å². The summed E-state index contributed by atoms with van der Waals surface area (Å²) in [6, 6.07) is 22.8. The average Bonchev–Trinajstić information content (AvgIpc) is 2.58. The van der Waals surface area contributed by atoms with Crippen molar-refractivity contribution in [3.63, 3.8) is 0 Å². The van der Waals surface area contributed by atoms with E-state index in [-0.39, 0.29) is 5.75 Å². The number of rotatable bonds is 4. The maximum Gasteiger partial charge on any atom is 0.181 e. The van der Waals surface area contributed by atoms with Crippen molar-refractivity contribution in [2.24, 2.45) is 0 Å². The molecule has 0 aromatic heterocycles. The molecule has 2 heteroatoms. The van der Waals surface area contributed by atoms with E-state index in [1.54, 1.807) is 17.8 Å². The van der Waals surface area contributed by atoms with Gasteiger partial charge in [0.2, 0.25) is 0 Å². The second-order valence-electron chi connectivity index (χ2n) is 5.73. The summed E-state index contributed by atoms with van der Waals surface area (Å²) in [7, 11) is 0. The minimum Gasteiger partial charge on any atom is -0.290 e. The molecule has 0 aliphatic carbocycles. The Bertz CT molecular complexity index is 792. The van der Waals surface area contributed by atoms with Gasteiger partial charge in [-0.3, -0.25) is 5.11 Å². The zero-order valence-corrected chi connectivity index (χ0v) is 14.2. The molecule has 0 bridgehead atoms. The fourth-order valence-corrected chi connectivity index (χ4v) is 3.57. The molecular weight excluding hydrogens is 300 g/mol. The van der Waals surface area contributed by atoms with Gasteiger partial charge in [0.05, 0.1) is 0 Å². The molecule has 23 heavy (non-hydrogen) atoms. The lowest BCUT2D eigenvalue weighted by atomic mass is 10.0. The normalized spacial score (nSPS) is 10.7. The van der Waals surface area contributed by atoms with E-state index in [0.717, 1.165) is 16.9 Å². The van der Waals surface area contributed by atoms with Crippen molar-refractivity contribution >= 4 is 11.8 Å². The van der Waals surface area contributed by atoms with E-state index in [9.17, 15) is 5.11 Å². The minimum atomic E-state index is 0.124. The van der Waals surface area contributed by atoms with E-state index in [2.05, 4.69) is 48.5 Å². The van der Waals surface area contributed by atoms with Crippen molar-refractivity contribution < 1.29 is 5.11 Å². The molecule has 0 aliphatic heterocycles. The van der Waals surface area contributed by atoms with Crippen LogP contribution in [0.3, 0.4) is 0 Å². The Labute approximate surface area is 142 Å². The molecule has 0 fully saturated rings. The zero-order valence-electron chi connectivity index (χ0n) is 13.4. The smallest absolute Gasteiger partial charge is 0.181 e. The monoisotopic (exact) mass is 319 g/mol. The maximum atomic E-state index is 11.6. The van der Waals surface area contributed by atoms with Crippen LogP contribution in [0.1, 0.15) is 16.7 Å². The van der Waals surface area contributed by atoms with E-state index in [0.29, 0.717) is 0 Å². The maximum absolute atomic E-state index is 11.6.